The molecule has 2 aliphatic heterocycles. The molecule has 5 amide bonds. The molecule has 304 valence electrons. The van der Waals surface area contributed by atoms with Crippen LogP contribution in [0.4, 0.5) is 27.9 Å². The topological polar surface area (TPSA) is 227 Å². The van der Waals surface area contributed by atoms with E-state index in [0.717, 1.165) is 31.5 Å². The number of anilines is 4. The number of hydrogen-bond acceptors (Lipinski definition) is 13. The molecule has 2 aliphatic carbocycles. The zero-order valence-electron chi connectivity index (χ0n) is 31.9. The predicted molar refractivity (Wildman–Crippen MR) is 217 cm³/mol. The number of carbonyl (C=O) groups is 5. The van der Waals surface area contributed by atoms with Crippen LogP contribution < -0.4 is 26.2 Å². The summed E-state index contributed by atoms with van der Waals surface area (Å²) in [7, 11) is 0. The number of aromatic hydroxyl groups is 1. The van der Waals surface area contributed by atoms with Gasteiger partial charge in [0.25, 0.3) is 11.8 Å². The molecule has 59 heavy (non-hydrogen) atoms. The molecule has 5 aromatic rings. The summed E-state index contributed by atoms with van der Waals surface area (Å²) in [6.07, 6.45) is 9.68. The van der Waals surface area contributed by atoms with Crippen molar-refractivity contribution < 1.29 is 33.8 Å². The summed E-state index contributed by atoms with van der Waals surface area (Å²) in [6.45, 7) is 5.41. The molecule has 0 radical (unpaired) electrons. The van der Waals surface area contributed by atoms with Gasteiger partial charge in [0.05, 0.1) is 30.9 Å². The Hall–Kier alpha value is -6.53. The van der Waals surface area contributed by atoms with E-state index in [2.05, 4.69) is 41.4 Å². The highest BCUT2D eigenvalue weighted by atomic mass is 35.5. The van der Waals surface area contributed by atoms with Gasteiger partial charge < -0.3 is 20.5 Å². The highest BCUT2D eigenvalue weighted by Gasteiger charge is 2.38. The molecule has 20 heteroatoms. The molecular formula is C39H37Cl2N11O7. The van der Waals surface area contributed by atoms with E-state index < -0.39 is 23.5 Å². The number of fused-ring (bicyclic) bond motifs is 2. The van der Waals surface area contributed by atoms with Crippen LogP contribution >= 0.6 is 23.2 Å². The number of halogens is 2. The Morgan fingerprint density at radius 3 is 2.05 bits per heavy atom. The monoisotopic (exact) mass is 841 g/mol. The number of nitrogens with zero attached hydrogens (tertiary/aromatic N) is 7. The van der Waals surface area contributed by atoms with Crippen LogP contribution in [0.25, 0.3) is 23.4 Å². The zero-order chi connectivity index (χ0) is 41.7. The summed E-state index contributed by atoms with van der Waals surface area (Å²) in [5.74, 6) is 0.139. The number of ether oxygens (including phenoxy) is 1. The average Bonchev–Trinajstić information content (AvgIpc) is 4.02. The molecule has 0 unspecified atom stereocenters. The van der Waals surface area contributed by atoms with Crippen molar-refractivity contribution in [3.8, 4) is 5.75 Å². The summed E-state index contributed by atoms with van der Waals surface area (Å²) in [5, 5.41) is 30.5. The van der Waals surface area contributed by atoms with E-state index in [4.69, 9.17) is 27.9 Å². The number of benzene rings is 1. The van der Waals surface area contributed by atoms with Crippen LogP contribution in [0.1, 0.15) is 70.4 Å². The fourth-order valence-corrected chi connectivity index (χ4v) is 6.68. The summed E-state index contributed by atoms with van der Waals surface area (Å²) in [4.78, 5) is 70.0. The van der Waals surface area contributed by atoms with Gasteiger partial charge in [-0.2, -0.15) is 19.2 Å². The number of carbonyl (C=O) groups excluding carboxylic acids is 5. The second-order valence-electron chi connectivity index (χ2n) is 15.4. The zero-order valence-corrected chi connectivity index (χ0v) is 33.4. The van der Waals surface area contributed by atoms with Crippen LogP contribution in [0.2, 0.25) is 10.2 Å². The fraction of sp³-hybridized carbons (Fsp3) is 0.308. The maximum atomic E-state index is 12.9. The normalized spacial score (nSPS) is 18.0. The van der Waals surface area contributed by atoms with Gasteiger partial charge in [0.2, 0.25) is 11.8 Å². The number of hydrogen-bond donors (Lipinski definition) is 5. The molecular weight excluding hydrogens is 805 g/mol. The van der Waals surface area contributed by atoms with E-state index in [1.54, 1.807) is 72.8 Å². The second kappa shape index (κ2) is 15.3. The number of amides is 5. The van der Waals surface area contributed by atoms with Crippen molar-refractivity contribution in [3.05, 3.63) is 75.2 Å². The van der Waals surface area contributed by atoms with E-state index in [1.165, 1.54) is 16.8 Å². The lowest BCUT2D eigenvalue weighted by molar-refractivity contribution is -0.125. The van der Waals surface area contributed by atoms with Crippen molar-refractivity contribution in [2.45, 2.75) is 77.0 Å². The lowest BCUT2D eigenvalue weighted by Gasteiger charge is -2.27. The first kappa shape index (κ1) is 39.3. The van der Waals surface area contributed by atoms with Crippen molar-refractivity contribution in [3.63, 3.8) is 0 Å². The van der Waals surface area contributed by atoms with Crippen molar-refractivity contribution in [2.24, 2.45) is 0 Å². The standard InChI is InChI=1S/C20H17ClN6O3.C19H20ClN5O4/c21-12-1-4-15(28)14(7-12)24-16-8-17(23-13-2-3-13)27-19(25-16)11(9-22-27)5-10-6-18(29)26-20(10)30;1-19(2,3)29-18(28)24(12-4-5-12)15-8-13(20)22-16-11(9-21-25(15)16)6-10-7-14(26)23-17(10)27/h1,4-5,7-9,13,23,28H,2-3,6H2,(H,24,25)(H,26,29,30);6,8-9,12H,4-5,7H2,1-3H3,(H,23,26,27)/b10-5+;10-6+. The number of phenols is 1. The molecule has 2 saturated heterocycles. The van der Waals surface area contributed by atoms with Crippen molar-refractivity contribution in [1.82, 2.24) is 39.8 Å². The molecule has 5 N–H and O–H groups in total. The molecule has 2 saturated carbocycles. The summed E-state index contributed by atoms with van der Waals surface area (Å²) in [5.41, 5.74) is 2.45. The Morgan fingerprint density at radius 1 is 0.881 bits per heavy atom. The third-order valence-corrected chi connectivity index (χ3v) is 9.73. The lowest BCUT2D eigenvalue weighted by Crippen LogP contribution is -2.39. The fourth-order valence-electron chi connectivity index (χ4n) is 6.33. The van der Waals surface area contributed by atoms with Crippen LogP contribution in [-0.2, 0) is 23.9 Å². The van der Waals surface area contributed by atoms with E-state index in [1.807, 2.05) is 0 Å². The average molecular weight is 843 g/mol. The number of imide groups is 2. The van der Waals surface area contributed by atoms with Gasteiger partial charge in [-0.15, -0.1) is 0 Å². The second-order valence-corrected chi connectivity index (χ2v) is 16.2. The van der Waals surface area contributed by atoms with Gasteiger partial charge in [0, 0.05) is 51.5 Å². The molecule has 1 aromatic carbocycles. The minimum atomic E-state index is -0.651. The Kier molecular flexibility index (Phi) is 10.2. The van der Waals surface area contributed by atoms with Gasteiger partial charge in [0.15, 0.2) is 11.3 Å². The number of nitrogens with one attached hydrogen (secondary N) is 4. The molecule has 4 aromatic heterocycles. The van der Waals surface area contributed by atoms with E-state index in [-0.39, 0.29) is 41.6 Å². The van der Waals surface area contributed by atoms with Crippen LogP contribution in [0.15, 0.2) is 53.9 Å². The summed E-state index contributed by atoms with van der Waals surface area (Å²) >= 11 is 12.3. The van der Waals surface area contributed by atoms with Crippen LogP contribution in [0, 0.1) is 0 Å². The molecule has 18 nitrogen and oxygen atoms in total. The van der Waals surface area contributed by atoms with E-state index in [0.29, 0.717) is 62.0 Å². The molecule has 4 aliphatic rings. The quantitative estimate of drug-likeness (QED) is 0.0560. The van der Waals surface area contributed by atoms with E-state index in [9.17, 15) is 29.1 Å². The first-order chi connectivity index (χ1) is 28.1. The van der Waals surface area contributed by atoms with Crippen LogP contribution in [0.3, 0.4) is 0 Å². The van der Waals surface area contributed by atoms with Crippen LogP contribution in [0.5, 0.6) is 5.75 Å². The maximum Gasteiger partial charge on any atom is 0.416 e. The Bertz CT molecular complexity index is 2660. The van der Waals surface area contributed by atoms with Crippen LogP contribution in [-0.4, -0.2) is 81.7 Å². The smallest absolute Gasteiger partial charge is 0.416 e. The van der Waals surface area contributed by atoms with Crippen molar-refractivity contribution in [2.75, 3.05) is 15.5 Å². The van der Waals surface area contributed by atoms with Crippen molar-refractivity contribution >= 4 is 99.5 Å². The van der Waals surface area contributed by atoms with Gasteiger partial charge in [0.1, 0.15) is 34.0 Å². The SMILES string of the molecule is CC(C)(C)OC(=O)N(c1cc(Cl)nc2c(/C=C3\CC(=O)NC3=O)cnn12)C1CC1.O=C1C/C(=C\c2cnn3c(NC4CC4)cc(Nc4cc(Cl)ccc4O)nc23)C(=O)N1. The highest BCUT2D eigenvalue weighted by Crippen LogP contribution is 2.36. The summed E-state index contributed by atoms with van der Waals surface area (Å²) < 4.78 is 8.72. The van der Waals surface area contributed by atoms with Gasteiger partial charge in [-0.1, -0.05) is 23.2 Å². The first-order valence-corrected chi connectivity index (χ1v) is 19.4. The number of phenolic OH excluding ortho intramolecular Hbond substituents is 1. The number of aromatic nitrogens is 6. The molecule has 0 atom stereocenters. The number of rotatable bonds is 8. The molecule has 6 heterocycles. The van der Waals surface area contributed by atoms with Gasteiger partial charge in [-0.05, 0) is 76.8 Å². The molecule has 9 rings (SSSR count). The predicted octanol–water partition coefficient (Wildman–Crippen LogP) is 5.55. The Balaban J connectivity index is 0.000000164. The summed E-state index contributed by atoms with van der Waals surface area (Å²) in [6, 6.07) is 8.41. The Labute approximate surface area is 345 Å². The van der Waals surface area contributed by atoms with Crippen molar-refractivity contribution in [1.29, 1.82) is 0 Å². The third-order valence-electron chi connectivity index (χ3n) is 9.30. The van der Waals surface area contributed by atoms with Gasteiger partial charge in [-0.25, -0.2) is 14.8 Å². The molecule has 0 spiro atoms. The minimum absolute atomic E-state index is 0.00393. The van der Waals surface area contributed by atoms with Gasteiger partial charge >= 0.3 is 6.09 Å². The third kappa shape index (κ3) is 8.83. The molecule has 4 fully saturated rings. The Morgan fingerprint density at radius 2 is 1.49 bits per heavy atom. The maximum absolute atomic E-state index is 12.9. The van der Waals surface area contributed by atoms with Gasteiger partial charge in [-0.3, -0.25) is 34.7 Å². The highest BCUT2D eigenvalue weighted by molar-refractivity contribution is 6.31. The first-order valence-electron chi connectivity index (χ1n) is 18.7. The lowest BCUT2D eigenvalue weighted by atomic mass is 10.1. The molecule has 0 bridgehead atoms. The minimum Gasteiger partial charge on any atom is -0.506 e. The largest absolute Gasteiger partial charge is 0.506 e. The van der Waals surface area contributed by atoms with E-state index >= 15 is 0 Å².